The molecule has 0 aromatic carbocycles. The predicted octanol–water partition coefficient (Wildman–Crippen LogP) is 1.89. The van der Waals surface area contributed by atoms with Gasteiger partial charge >= 0.3 is 0 Å². The Morgan fingerprint density at radius 2 is 2.24 bits per heavy atom. The van der Waals surface area contributed by atoms with E-state index in [1.54, 1.807) is 0 Å². The molecule has 88 valence electrons. The van der Waals surface area contributed by atoms with Crippen LogP contribution in [0.3, 0.4) is 0 Å². The molecule has 1 saturated carbocycles. The fraction of sp³-hybridized carbons (Fsp3) is 0.462. The molecule has 2 aliphatic carbocycles. The number of hydrogen-bond donors (Lipinski definition) is 1. The van der Waals surface area contributed by atoms with Gasteiger partial charge in [0.05, 0.1) is 11.3 Å². The molecule has 4 rings (SSSR count). The van der Waals surface area contributed by atoms with Crippen LogP contribution in [0.4, 0.5) is 0 Å². The van der Waals surface area contributed by atoms with Gasteiger partial charge in [-0.25, -0.2) is 0 Å². The zero-order chi connectivity index (χ0) is 11.6. The van der Waals surface area contributed by atoms with Crippen molar-refractivity contribution in [3.05, 3.63) is 23.9 Å². The summed E-state index contributed by atoms with van der Waals surface area (Å²) in [6.45, 7) is 3.10. The summed E-state index contributed by atoms with van der Waals surface area (Å²) >= 11 is 0. The molecule has 4 nitrogen and oxygen atoms in total. The third-order valence-electron chi connectivity index (χ3n) is 4.15. The molecular weight excluding hydrogens is 214 g/mol. The first-order chi connectivity index (χ1) is 8.16. The van der Waals surface area contributed by atoms with Crippen LogP contribution in [0.25, 0.3) is 11.3 Å². The number of aromatic nitrogens is 2. The van der Waals surface area contributed by atoms with Gasteiger partial charge in [-0.15, -0.1) is 0 Å². The van der Waals surface area contributed by atoms with E-state index in [1.165, 1.54) is 12.1 Å². The zero-order valence-corrected chi connectivity index (χ0v) is 9.86. The van der Waals surface area contributed by atoms with Gasteiger partial charge in [-0.1, -0.05) is 0 Å². The third-order valence-corrected chi connectivity index (χ3v) is 4.15. The van der Waals surface area contributed by atoms with Gasteiger partial charge in [-0.3, -0.25) is 14.2 Å². The van der Waals surface area contributed by atoms with Crippen LogP contribution in [0.2, 0.25) is 0 Å². The minimum atomic E-state index is 0.0311. The van der Waals surface area contributed by atoms with E-state index in [1.807, 2.05) is 12.1 Å². The van der Waals surface area contributed by atoms with Gasteiger partial charge in [-0.05, 0) is 38.3 Å². The SMILES string of the molecule is CC1(NC(=O)c2ccc3n4n(cc2-3)C4)CCC1. The molecule has 0 spiro atoms. The maximum atomic E-state index is 12.2. The molecule has 1 N–H and O–H groups in total. The van der Waals surface area contributed by atoms with E-state index in [2.05, 4.69) is 27.8 Å². The highest BCUT2D eigenvalue weighted by atomic mass is 16.1. The summed E-state index contributed by atoms with van der Waals surface area (Å²) < 4.78 is 4.28. The average molecular weight is 229 g/mol. The molecule has 1 fully saturated rings. The van der Waals surface area contributed by atoms with E-state index in [9.17, 15) is 4.79 Å². The van der Waals surface area contributed by atoms with Crippen molar-refractivity contribution in [2.45, 2.75) is 38.4 Å². The lowest BCUT2D eigenvalue weighted by atomic mass is 9.78. The second-order valence-electron chi connectivity index (χ2n) is 5.52. The number of carbonyl (C=O) groups excluding carboxylic acids is 1. The van der Waals surface area contributed by atoms with Crippen LogP contribution in [0.5, 0.6) is 0 Å². The zero-order valence-electron chi connectivity index (χ0n) is 9.86. The Morgan fingerprint density at radius 3 is 2.94 bits per heavy atom. The van der Waals surface area contributed by atoms with Crippen LogP contribution in [0.15, 0.2) is 18.3 Å². The quantitative estimate of drug-likeness (QED) is 0.716. The van der Waals surface area contributed by atoms with Crippen molar-refractivity contribution < 1.29 is 4.79 Å². The van der Waals surface area contributed by atoms with Gasteiger partial charge in [0.1, 0.15) is 6.67 Å². The van der Waals surface area contributed by atoms with E-state index in [0.717, 1.165) is 30.6 Å². The highest BCUT2D eigenvalue weighted by molar-refractivity contribution is 6.02. The minimum absolute atomic E-state index is 0.0311. The van der Waals surface area contributed by atoms with E-state index in [-0.39, 0.29) is 11.4 Å². The first-order valence-electron chi connectivity index (χ1n) is 6.17. The normalized spacial score (nSPS) is 19.8. The lowest BCUT2D eigenvalue weighted by Gasteiger charge is -2.39. The summed E-state index contributed by atoms with van der Waals surface area (Å²) in [5.41, 5.74) is 3.11. The Bertz CT molecular complexity index is 588. The molecule has 2 heterocycles. The Morgan fingerprint density at radius 1 is 1.41 bits per heavy atom. The molecule has 0 atom stereocenters. The maximum absolute atomic E-state index is 12.2. The Balaban J connectivity index is 1.64. The molecule has 1 amide bonds. The number of nitrogens with one attached hydrogen (secondary N) is 1. The molecule has 0 bridgehead atoms. The fourth-order valence-electron chi connectivity index (χ4n) is 2.80. The molecular formula is C13H15N3O. The molecule has 0 aromatic rings. The van der Waals surface area contributed by atoms with E-state index >= 15 is 0 Å². The van der Waals surface area contributed by atoms with Gasteiger partial charge in [0, 0.05) is 17.3 Å². The number of nitrogens with zero attached hydrogens (tertiary/aromatic N) is 2. The van der Waals surface area contributed by atoms with Crippen molar-refractivity contribution in [1.82, 2.24) is 14.7 Å². The number of fused-ring (bicyclic) bond motifs is 3. The second kappa shape index (κ2) is 2.75. The summed E-state index contributed by atoms with van der Waals surface area (Å²) in [6, 6.07) is 3.98. The summed E-state index contributed by atoms with van der Waals surface area (Å²) in [6.07, 6.45) is 5.49. The number of amides is 1. The molecule has 4 heteroatoms. The van der Waals surface area contributed by atoms with Crippen LogP contribution < -0.4 is 5.32 Å². The van der Waals surface area contributed by atoms with Crippen molar-refractivity contribution in [2.75, 3.05) is 0 Å². The topological polar surface area (TPSA) is 39.0 Å². The summed E-state index contributed by atoms with van der Waals surface area (Å²) in [4.78, 5) is 12.2. The van der Waals surface area contributed by atoms with Crippen molar-refractivity contribution in [3.63, 3.8) is 0 Å². The van der Waals surface area contributed by atoms with E-state index in [0.29, 0.717) is 0 Å². The smallest absolute Gasteiger partial charge is 0.252 e. The highest BCUT2D eigenvalue weighted by Crippen LogP contribution is 2.36. The first kappa shape index (κ1) is 9.33. The van der Waals surface area contributed by atoms with Crippen molar-refractivity contribution in [2.24, 2.45) is 0 Å². The number of carbonyl (C=O) groups is 1. The second-order valence-corrected chi connectivity index (χ2v) is 5.52. The van der Waals surface area contributed by atoms with Crippen LogP contribution >= 0.6 is 0 Å². The van der Waals surface area contributed by atoms with Crippen molar-refractivity contribution >= 4 is 5.91 Å². The first-order valence-corrected chi connectivity index (χ1v) is 6.17. The standard InChI is InChI=1S/C13H15N3O/c1-13(5-2-6-13)14-12(17)9-3-4-11-10(9)7-15-8-16(11)15/h3-4,7H,2,5-6,8H2,1H3,(H,14,17). The molecule has 4 aliphatic rings. The van der Waals surface area contributed by atoms with Gasteiger partial charge in [0.25, 0.3) is 5.91 Å². The predicted molar refractivity (Wildman–Crippen MR) is 64.2 cm³/mol. The highest BCUT2D eigenvalue weighted by Gasteiger charge is 2.35. The van der Waals surface area contributed by atoms with Crippen LogP contribution in [0.1, 0.15) is 36.5 Å². The van der Waals surface area contributed by atoms with Crippen molar-refractivity contribution in [1.29, 1.82) is 0 Å². The summed E-state index contributed by atoms with van der Waals surface area (Å²) in [5, 5.41) is 3.16. The average Bonchev–Trinajstić information content (AvgIpc) is 2.73. The Labute approximate surface area is 99.5 Å². The van der Waals surface area contributed by atoms with Gasteiger partial charge < -0.3 is 5.32 Å². The van der Waals surface area contributed by atoms with Crippen LogP contribution in [-0.2, 0) is 6.67 Å². The Kier molecular flexibility index (Phi) is 1.51. The molecule has 2 aliphatic heterocycles. The maximum Gasteiger partial charge on any atom is 0.252 e. The lowest BCUT2D eigenvalue weighted by Crippen LogP contribution is -2.50. The van der Waals surface area contributed by atoms with Crippen LogP contribution in [-0.4, -0.2) is 20.8 Å². The van der Waals surface area contributed by atoms with Gasteiger partial charge in [0.2, 0.25) is 0 Å². The molecule has 0 unspecified atom stereocenters. The van der Waals surface area contributed by atoms with E-state index < -0.39 is 0 Å². The lowest BCUT2D eigenvalue weighted by molar-refractivity contribution is 0.0851. The van der Waals surface area contributed by atoms with E-state index in [4.69, 9.17) is 0 Å². The fourth-order valence-corrected chi connectivity index (χ4v) is 2.80. The van der Waals surface area contributed by atoms with Gasteiger partial charge in [0.15, 0.2) is 0 Å². The van der Waals surface area contributed by atoms with Crippen molar-refractivity contribution in [3.8, 4) is 11.3 Å². The molecule has 17 heavy (non-hydrogen) atoms. The minimum Gasteiger partial charge on any atom is -0.347 e. The number of hydrogen-bond acceptors (Lipinski definition) is 1. The Hall–Kier alpha value is -1.71. The van der Waals surface area contributed by atoms with Gasteiger partial charge in [-0.2, -0.15) is 0 Å². The largest absolute Gasteiger partial charge is 0.347 e. The molecule has 0 radical (unpaired) electrons. The summed E-state index contributed by atoms with van der Waals surface area (Å²) in [5.74, 6) is 0.0772. The molecule has 0 aromatic heterocycles. The van der Waals surface area contributed by atoms with Crippen LogP contribution in [0, 0.1) is 0 Å². The monoisotopic (exact) mass is 229 g/mol. The third kappa shape index (κ3) is 1.21. The number of rotatable bonds is 2. The summed E-state index contributed by atoms with van der Waals surface area (Å²) in [7, 11) is 0. The molecule has 0 saturated heterocycles.